The smallest absolute Gasteiger partial charge is 0.00139 e. The van der Waals surface area contributed by atoms with Gasteiger partial charge in [0.2, 0.25) is 0 Å². The molecule has 0 saturated heterocycles. The summed E-state index contributed by atoms with van der Waals surface area (Å²) in [6.07, 6.45) is 0. The Morgan fingerprint density at radius 3 is 0.567 bits per heavy atom. The molecule has 0 bridgehead atoms. The SMILES string of the molecule is c1ccc2c(c1)cc1ccc3cc4c5ccccc5cc5ccc6cc2c1c3c6c54.c1ccc2c(c1)cc1ccc3cc4c5ccccc5cc5ccc6cc2c1c3c6c54. The van der Waals surface area contributed by atoms with E-state index in [-0.39, 0.29) is 0 Å². The van der Waals surface area contributed by atoms with Crippen molar-refractivity contribution in [1.29, 1.82) is 0 Å². The van der Waals surface area contributed by atoms with Crippen molar-refractivity contribution in [3.63, 3.8) is 0 Å². The van der Waals surface area contributed by atoms with Gasteiger partial charge in [0.1, 0.15) is 0 Å². The van der Waals surface area contributed by atoms with Gasteiger partial charge in [-0.05, 0) is 199 Å². The molecule has 0 radical (unpaired) electrons. The Morgan fingerprint density at radius 2 is 0.333 bits per heavy atom. The average molecular weight is 753 g/mol. The Kier molecular flexibility index (Phi) is 5.74. The fraction of sp³-hybridized carbons (Fsp3) is 0. The maximum Gasteiger partial charge on any atom is -0.00139 e. The molecule has 272 valence electrons. The van der Waals surface area contributed by atoms with Gasteiger partial charge >= 0.3 is 0 Å². The molecule has 16 aromatic carbocycles. The van der Waals surface area contributed by atoms with Gasteiger partial charge in [0, 0.05) is 0 Å². The van der Waals surface area contributed by atoms with Crippen LogP contribution >= 0.6 is 0 Å². The maximum atomic E-state index is 2.42. The van der Waals surface area contributed by atoms with E-state index in [0.29, 0.717) is 0 Å². The standard InChI is InChI=1S/2C30H16/c2*1-3-7-23-17(5-1)13-19-9-11-22-16-26-24-8-4-2-6-18(24)14-20-10-12-21-15-25(23)27(19)29(22)30(21)28(20)26/h2*1-16H. The molecule has 0 amide bonds. The number of hydrogen-bond donors (Lipinski definition) is 0. The van der Waals surface area contributed by atoms with Crippen LogP contribution in [0.25, 0.3) is 151 Å². The van der Waals surface area contributed by atoms with Gasteiger partial charge < -0.3 is 0 Å². The molecular formula is C60H32. The third-order valence-electron chi connectivity index (χ3n) is 14.1. The summed E-state index contributed by atoms with van der Waals surface area (Å²) in [6, 6.07) is 72.6. The normalized spacial score (nSPS) is 12.7. The average Bonchev–Trinajstić information content (AvgIpc) is 3.30. The fourth-order valence-electron chi connectivity index (χ4n) is 11.6. The molecule has 0 aliphatic heterocycles. The van der Waals surface area contributed by atoms with E-state index in [4.69, 9.17) is 0 Å². The molecule has 60 heavy (non-hydrogen) atoms. The van der Waals surface area contributed by atoms with Gasteiger partial charge in [-0.3, -0.25) is 0 Å². The molecule has 0 heteroatoms. The molecule has 0 aromatic heterocycles. The maximum absolute atomic E-state index is 2.42. The van der Waals surface area contributed by atoms with Gasteiger partial charge in [-0.2, -0.15) is 0 Å². The number of hydrogen-bond acceptors (Lipinski definition) is 0. The Hall–Kier alpha value is -7.80. The number of rotatable bonds is 0. The summed E-state index contributed by atoms with van der Waals surface area (Å²) in [5, 5.41) is 38.0. The molecule has 0 nitrogen and oxygen atoms in total. The van der Waals surface area contributed by atoms with Crippen molar-refractivity contribution >= 4 is 151 Å². The summed E-state index contributed by atoms with van der Waals surface area (Å²) in [6.45, 7) is 0. The zero-order chi connectivity index (χ0) is 38.8. The lowest BCUT2D eigenvalue weighted by atomic mass is 9.84. The lowest BCUT2D eigenvalue weighted by molar-refractivity contribution is 1.79. The van der Waals surface area contributed by atoms with E-state index in [0.717, 1.165) is 0 Å². The van der Waals surface area contributed by atoms with Gasteiger partial charge in [0.25, 0.3) is 0 Å². The van der Waals surface area contributed by atoms with E-state index in [9.17, 15) is 0 Å². The first-order valence-corrected chi connectivity index (χ1v) is 21.1. The lowest BCUT2D eigenvalue weighted by Crippen LogP contribution is -1.91. The molecular weight excluding hydrogens is 721 g/mol. The molecule has 0 spiro atoms. The third-order valence-corrected chi connectivity index (χ3v) is 14.1. The Morgan fingerprint density at radius 1 is 0.133 bits per heavy atom. The first kappa shape index (κ1) is 31.2. The van der Waals surface area contributed by atoms with Crippen LogP contribution in [0.4, 0.5) is 0 Å². The predicted octanol–water partition coefficient (Wildman–Crippen LogP) is 17.3. The van der Waals surface area contributed by atoms with Crippen LogP contribution in [0.5, 0.6) is 0 Å². The van der Waals surface area contributed by atoms with Crippen molar-refractivity contribution in [2.24, 2.45) is 0 Å². The molecule has 0 unspecified atom stereocenters. The molecule has 0 N–H and O–H groups in total. The molecule has 0 atom stereocenters. The van der Waals surface area contributed by atoms with Crippen molar-refractivity contribution in [2.75, 3.05) is 0 Å². The van der Waals surface area contributed by atoms with Gasteiger partial charge in [0.05, 0.1) is 0 Å². The lowest BCUT2D eigenvalue weighted by Gasteiger charge is -2.19. The van der Waals surface area contributed by atoms with Crippen LogP contribution in [0, 0.1) is 0 Å². The van der Waals surface area contributed by atoms with Gasteiger partial charge in [0.15, 0.2) is 0 Å². The summed E-state index contributed by atoms with van der Waals surface area (Å²) in [7, 11) is 0. The van der Waals surface area contributed by atoms with E-state index in [1.807, 2.05) is 0 Å². The third kappa shape index (κ3) is 3.91. The minimum absolute atomic E-state index is 1.31. The molecule has 0 heterocycles. The van der Waals surface area contributed by atoms with E-state index in [2.05, 4.69) is 194 Å². The van der Waals surface area contributed by atoms with Crippen LogP contribution in [0.3, 0.4) is 0 Å². The second-order valence-corrected chi connectivity index (χ2v) is 17.1. The van der Waals surface area contributed by atoms with E-state index in [1.165, 1.54) is 151 Å². The summed E-state index contributed by atoms with van der Waals surface area (Å²) < 4.78 is 0. The summed E-state index contributed by atoms with van der Waals surface area (Å²) in [5.74, 6) is 0. The number of fused-ring (bicyclic) bond motifs is 8. The van der Waals surface area contributed by atoms with Crippen LogP contribution in [-0.2, 0) is 0 Å². The minimum Gasteiger partial charge on any atom is -0.0616 e. The molecule has 16 rings (SSSR count). The molecule has 0 aliphatic carbocycles. The summed E-state index contributed by atoms with van der Waals surface area (Å²) in [4.78, 5) is 0. The quantitative estimate of drug-likeness (QED) is 0.107. The molecule has 0 saturated carbocycles. The minimum atomic E-state index is 1.31. The highest BCUT2D eigenvalue weighted by Gasteiger charge is 2.20. The molecule has 0 aliphatic rings. The first-order chi connectivity index (χ1) is 29.7. The highest BCUT2D eigenvalue weighted by molar-refractivity contribution is 6.42. The second-order valence-electron chi connectivity index (χ2n) is 17.1. The molecule has 16 aromatic rings. The van der Waals surface area contributed by atoms with Gasteiger partial charge in [-0.15, -0.1) is 0 Å². The largest absolute Gasteiger partial charge is 0.0616 e. The van der Waals surface area contributed by atoms with Crippen LogP contribution in [0.15, 0.2) is 194 Å². The first-order valence-electron chi connectivity index (χ1n) is 21.1. The van der Waals surface area contributed by atoms with Crippen LogP contribution in [-0.4, -0.2) is 0 Å². The highest BCUT2D eigenvalue weighted by Crippen LogP contribution is 2.48. The van der Waals surface area contributed by atoms with Crippen molar-refractivity contribution in [2.45, 2.75) is 0 Å². The van der Waals surface area contributed by atoms with Crippen LogP contribution in [0.1, 0.15) is 0 Å². The Labute approximate surface area is 343 Å². The van der Waals surface area contributed by atoms with Crippen molar-refractivity contribution in [3.05, 3.63) is 194 Å². The van der Waals surface area contributed by atoms with Crippen molar-refractivity contribution in [3.8, 4) is 0 Å². The zero-order valence-electron chi connectivity index (χ0n) is 32.5. The zero-order valence-corrected chi connectivity index (χ0v) is 32.5. The van der Waals surface area contributed by atoms with Gasteiger partial charge in [-0.1, -0.05) is 146 Å². The topological polar surface area (TPSA) is 0 Å². The highest BCUT2D eigenvalue weighted by atomic mass is 14.2. The predicted molar refractivity (Wildman–Crippen MR) is 263 cm³/mol. The molecule has 0 fully saturated rings. The monoisotopic (exact) mass is 752 g/mol. The van der Waals surface area contributed by atoms with E-state index >= 15 is 0 Å². The van der Waals surface area contributed by atoms with Crippen LogP contribution in [0.2, 0.25) is 0 Å². The summed E-state index contributed by atoms with van der Waals surface area (Å²) in [5.41, 5.74) is 0. The Balaban J connectivity index is 0.000000114. The van der Waals surface area contributed by atoms with Gasteiger partial charge in [-0.25, -0.2) is 0 Å². The van der Waals surface area contributed by atoms with Crippen molar-refractivity contribution < 1.29 is 0 Å². The van der Waals surface area contributed by atoms with Crippen molar-refractivity contribution in [1.82, 2.24) is 0 Å². The number of benzene rings is 16. The summed E-state index contributed by atoms with van der Waals surface area (Å²) >= 11 is 0. The van der Waals surface area contributed by atoms with E-state index in [1.54, 1.807) is 0 Å². The van der Waals surface area contributed by atoms with E-state index < -0.39 is 0 Å². The van der Waals surface area contributed by atoms with Crippen LogP contribution < -0.4 is 0 Å². The Bertz CT molecular complexity index is 3880. The second kappa shape index (κ2) is 11.0. The fourth-order valence-corrected chi connectivity index (χ4v) is 11.6.